The molecule has 2 nitrogen and oxygen atoms in total. The summed E-state index contributed by atoms with van der Waals surface area (Å²) in [6.07, 6.45) is 5.80. The van der Waals surface area contributed by atoms with Crippen LogP contribution < -0.4 is 5.73 Å². The molecule has 0 aromatic carbocycles. The molecule has 1 amide bonds. The Labute approximate surface area is 75.9 Å². The first-order chi connectivity index (χ1) is 5.74. The zero-order chi connectivity index (χ0) is 8.97. The van der Waals surface area contributed by atoms with Crippen molar-refractivity contribution in [2.45, 2.75) is 32.0 Å². The number of amides is 1. The molecular formula is C8H17B2NO. The van der Waals surface area contributed by atoms with Crippen LogP contribution in [0.5, 0.6) is 0 Å². The molecule has 12 heavy (non-hydrogen) atoms. The van der Waals surface area contributed by atoms with Gasteiger partial charge in [0.25, 0.3) is 0 Å². The van der Waals surface area contributed by atoms with E-state index in [0.717, 1.165) is 18.8 Å². The van der Waals surface area contributed by atoms with Crippen molar-refractivity contribution in [2.75, 3.05) is 0 Å². The summed E-state index contributed by atoms with van der Waals surface area (Å²) >= 11 is 0. The molecule has 1 saturated carbocycles. The summed E-state index contributed by atoms with van der Waals surface area (Å²) in [6, 6.07) is 0. The van der Waals surface area contributed by atoms with Gasteiger partial charge < -0.3 is 5.73 Å². The maximum Gasteiger partial charge on any atom is 0.220 e. The van der Waals surface area contributed by atoms with Crippen molar-refractivity contribution >= 4 is 20.8 Å². The summed E-state index contributed by atoms with van der Waals surface area (Å²) in [4.78, 5) is 10.8. The number of carbonyl (C=O) groups excluding carboxylic acids is 1. The Bertz CT molecular complexity index is 155. The molecule has 66 valence electrons. The summed E-state index contributed by atoms with van der Waals surface area (Å²) < 4.78 is 0. The third kappa shape index (κ3) is 2.58. The van der Waals surface area contributed by atoms with Crippen LogP contribution >= 0.6 is 0 Å². The van der Waals surface area contributed by atoms with Crippen LogP contribution in [0.4, 0.5) is 0 Å². The number of hydrogen-bond acceptors (Lipinski definition) is 1. The maximum absolute atomic E-state index is 10.8. The Morgan fingerprint density at radius 2 is 2.00 bits per heavy atom. The first-order valence-electron chi connectivity index (χ1n) is 5.03. The topological polar surface area (TPSA) is 43.1 Å². The highest BCUT2D eigenvalue weighted by Gasteiger charge is 2.23. The lowest BCUT2D eigenvalue weighted by Gasteiger charge is -2.26. The molecule has 0 spiro atoms. The number of primary amides is 1. The predicted molar refractivity (Wildman–Crippen MR) is 55.1 cm³/mol. The molecule has 0 bridgehead atoms. The van der Waals surface area contributed by atoms with Crippen LogP contribution in [-0.4, -0.2) is 20.8 Å². The van der Waals surface area contributed by atoms with Crippen LogP contribution in [0.3, 0.4) is 0 Å². The van der Waals surface area contributed by atoms with Gasteiger partial charge in [-0.25, -0.2) is 0 Å². The molecule has 0 aromatic heterocycles. The quantitative estimate of drug-likeness (QED) is 0.572. The van der Waals surface area contributed by atoms with Crippen LogP contribution in [0.1, 0.15) is 25.7 Å². The van der Waals surface area contributed by atoms with Gasteiger partial charge in [0.2, 0.25) is 5.91 Å². The number of hydrogen-bond donors (Lipinski definition) is 1. The lowest BCUT2D eigenvalue weighted by Crippen LogP contribution is -2.27. The Morgan fingerprint density at radius 3 is 2.42 bits per heavy atom. The largest absolute Gasteiger partial charge is 0.369 e. The fourth-order valence-electron chi connectivity index (χ4n) is 2.14. The van der Waals surface area contributed by atoms with E-state index in [-0.39, 0.29) is 11.8 Å². The minimum Gasteiger partial charge on any atom is -0.369 e. The lowest BCUT2D eigenvalue weighted by molar-refractivity contribution is -0.122. The van der Waals surface area contributed by atoms with Gasteiger partial charge >= 0.3 is 0 Å². The second kappa shape index (κ2) is 4.58. The van der Waals surface area contributed by atoms with Crippen LogP contribution in [0.2, 0.25) is 6.32 Å². The molecule has 0 saturated heterocycles. The van der Waals surface area contributed by atoms with Crippen molar-refractivity contribution < 1.29 is 4.79 Å². The van der Waals surface area contributed by atoms with Crippen LogP contribution in [-0.2, 0) is 4.79 Å². The summed E-state index contributed by atoms with van der Waals surface area (Å²) in [5, 5.41) is 0. The highest BCUT2D eigenvalue weighted by atomic mass is 16.1. The molecule has 1 rings (SSSR count). The molecule has 0 atom stereocenters. The second-order valence-corrected chi connectivity index (χ2v) is 3.91. The fourth-order valence-corrected chi connectivity index (χ4v) is 2.14. The Morgan fingerprint density at radius 1 is 1.42 bits per heavy atom. The smallest absolute Gasteiger partial charge is 0.220 e. The number of nitrogens with two attached hydrogens (primary N) is 1. The van der Waals surface area contributed by atoms with Gasteiger partial charge in [0.1, 0.15) is 0 Å². The van der Waals surface area contributed by atoms with E-state index in [4.69, 9.17) is 5.73 Å². The predicted octanol–water partition coefficient (Wildman–Crippen LogP) is -0.319. The molecule has 1 aliphatic carbocycles. The standard InChI is InChI=1S/C8H17B2NO/c9-10-5-6-1-3-7(4-2-6)8(11)12/h6-7,10H,1-5,9H2,(H2,11,12). The van der Waals surface area contributed by atoms with E-state index in [2.05, 4.69) is 7.74 Å². The molecular weight excluding hydrogens is 148 g/mol. The minimum absolute atomic E-state index is 0.0926. The molecule has 2 N–H and O–H groups in total. The molecule has 0 heterocycles. The fraction of sp³-hybridized carbons (Fsp3) is 0.875. The molecule has 1 fully saturated rings. The van der Waals surface area contributed by atoms with Gasteiger partial charge in [-0.1, -0.05) is 19.2 Å². The first kappa shape index (κ1) is 9.69. The number of carbonyl (C=O) groups is 1. The van der Waals surface area contributed by atoms with Crippen LogP contribution in [0.15, 0.2) is 0 Å². The third-order valence-electron chi connectivity index (χ3n) is 2.95. The van der Waals surface area contributed by atoms with E-state index in [1.165, 1.54) is 26.3 Å². The summed E-state index contributed by atoms with van der Waals surface area (Å²) in [6.45, 7) is 0. The summed E-state index contributed by atoms with van der Waals surface area (Å²) in [7, 11) is 3.49. The van der Waals surface area contributed by atoms with Gasteiger partial charge in [0, 0.05) is 5.92 Å². The SMILES string of the molecule is BBCC1CCC(C(N)=O)CC1. The minimum atomic E-state index is -0.0926. The Hall–Kier alpha value is -0.400. The summed E-state index contributed by atoms with van der Waals surface area (Å²) in [5.41, 5.74) is 5.25. The highest BCUT2D eigenvalue weighted by molar-refractivity contribution is 6.89. The number of rotatable bonds is 3. The van der Waals surface area contributed by atoms with Crippen molar-refractivity contribution in [3.63, 3.8) is 0 Å². The van der Waals surface area contributed by atoms with Gasteiger partial charge in [-0.3, -0.25) is 4.79 Å². The van der Waals surface area contributed by atoms with Crippen molar-refractivity contribution in [3.05, 3.63) is 0 Å². The zero-order valence-corrected chi connectivity index (χ0v) is 7.88. The van der Waals surface area contributed by atoms with Crippen molar-refractivity contribution in [1.29, 1.82) is 0 Å². The van der Waals surface area contributed by atoms with Crippen molar-refractivity contribution in [3.8, 4) is 0 Å². The van der Waals surface area contributed by atoms with Crippen LogP contribution in [0, 0.1) is 11.8 Å². The van der Waals surface area contributed by atoms with E-state index < -0.39 is 0 Å². The lowest BCUT2D eigenvalue weighted by atomic mass is 9.50. The van der Waals surface area contributed by atoms with Crippen LogP contribution in [0.25, 0.3) is 0 Å². The van der Waals surface area contributed by atoms with E-state index in [9.17, 15) is 4.79 Å². The zero-order valence-electron chi connectivity index (χ0n) is 7.88. The van der Waals surface area contributed by atoms with Gasteiger partial charge in [0.05, 0.1) is 14.9 Å². The highest BCUT2D eigenvalue weighted by Crippen LogP contribution is 2.30. The normalized spacial score (nSPS) is 29.7. The molecule has 0 unspecified atom stereocenters. The molecule has 0 aliphatic heterocycles. The monoisotopic (exact) mass is 165 g/mol. The van der Waals surface area contributed by atoms with E-state index in [1.807, 2.05) is 0 Å². The molecule has 4 heteroatoms. The molecule has 0 aromatic rings. The molecule has 1 aliphatic rings. The maximum atomic E-state index is 10.8. The van der Waals surface area contributed by atoms with Crippen molar-refractivity contribution in [1.82, 2.24) is 0 Å². The Balaban J connectivity index is 2.25. The van der Waals surface area contributed by atoms with E-state index in [1.54, 1.807) is 0 Å². The van der Waals surface area contributed by atoms with E-state index in [0.29, 0.717) is 0 Å². The van der Waals surface area contributed by atoms with Gasteiger partial charge in [0.15, 0.2) is 0 Å². The summed E-state index contributed by atoms with van der Waals surface area (Å²) in [5.74, 6) is 0.952. The van der Waals surface area contributed by atoms with Gasteiger partial charge in [-0.05, 0) is 18.8 Å². The first-order valence-corrected chi connectivity index (χ1v) is 5.03. The van der Waals surface area contributed by atoms with E-state index >= 15 is 0 Å². The average molecular weight is 165 g/mol. The van der Waals surface area contributed by atoms with Crippen molar-refractivity contribution in [2.24, 2.45) is 17.6 Å². The van der Waals surface area contributed by atoms with Gasteiger partial charge in [-0.2, -0.15) is 0 Å². The average Bonchev–Trinajstić information content (AvgIpc) is 2.06. The second-order valence-electron chi connectivity index (χ2n) is 3.91. The third-order valence-corrected chi connectivity index (χ3v) is 2.95. The Kier molecular flexibility index (Phi) is 3.70. The molecule has 0 radical (unpaired) electrons. The van der Waals surface area contributed by atoms with Gasteiger partial charge in [-0.15, -0.1) is 0 Å².